The first-order chi connectivity index (χ1) is 9.97. The Morgan fingerprint density at radius 3 is 2.43 bits per heavy atom. The predicted octanol–water partition coefficient (Wildman–Crippen LogP) is 2.52. The van der Waals surface area contributed by atoms with Crippen LogP contribution in [0.25, 0.3) is 0 Å². The van der Waals surface area contributed by atoms with Crippen molar-refractivity contribution >= 4 is 17.7 Å². The zero-order chi connectivity index (χ0) is 15.4. The van der Waals surface area contributed by atoms with Crippen molar-refractivity contribution in [3.05, 3.63) is 28.8 Å². The van der Waals surface area contributed by atoms with Gasteiger partial charge in [0.1, 0.15) is 0 Å². The fourth-order valence-corrected chi connectivity index (χ4v) is 2.59. The van der Waals surface area contributed by atoms with Crippen molar-refractivity contribution in [1.82, 2.24) is 10.4 Å². The minimum atomic E-state index is -1.05. The molecular formula is C15H21N3O3. The molecule has 0 aromatic heterocycles. The van der Waals surface area contributed by atoms with Gasteiger partial charge in [-0.05, 0) is 43.9 Å². The molecule has 6 nitrogen and oxygen atoms in total. The lowest BCUT2D eigenvalue weighted by Gasteiger charge is -2.27. The summed E-state index contributed by atoms with van der Waals surface area (Å²) >= 11 is 0. The average Bonchev–Trinajstić information content (AvgIpc) is 2.42. The second kappa shape index (κ2) is 6.58. The molecule has 6 heteroatoms. The third-order valence-corrected chi connectivity index (χ3v) is 3.56. The summed E-state index contributed by atoms with van der Waals surface area (Å²) in [5.74, 6) is -1.05. The van der Waals surface area contributed by atoms with E-state index in [2.05, 4.69) is 10.7 Å². The number of aryl methyl sites for hydroxylation is 2. The van der Waals surface area contributed by atoms with Gasteiger partial charge in [-0.3, -0.25) is 5.43 Å². The Balaban J connectivity index is 2.11. The monoisotopic (exact) mass is 291 g/mol. The number of hydrazine groups is 1. The van der Waals surface area contributed by atoms with Crippen LogP contribution in [0.15, 0.2) is 12.1 Å². The number of piperidine rings is 1. The van der Waals surface area contributed by atoms with E-state index in [1.165, 1.54) is 6.42 Å². The number of carboxylic acids is 1. The number of carboxylic acid groups (broad SMARTS) is 1. The van der Waals surface area contributed by atoms with Gasteiger partial charge in [0.2, 0.25) is 0 Å². The van der Waals surface area contributed by atoms with Crippen LogP contribution in [0, 0.1) is 13.8 Å². The van der Waals surface area contributed by atoms with E-state index in [1.807, 2.05) is 18.0 Å². The molecule has 1 fully saturated rings. The highest BCUT2D eigenvalue weighted by molar-refractivity contribution is 6.01. The van der Waals surface area contributed by atoms with Crippen molar-refractivity contribution in [3.63, 3.8) is 0 Å². The molecule has 0 saturated carbocycles. The maximum absolute atomic E-state index is 12.0. The van der Waals surface area contributed by atoms with Gasteiger partial charge in [-0.1, -0.05) is 12.5 Å². The molecule has 2 rings (SSSR count). The maximum atomic E-state index is 12.0. The van der Waals surface area contributed by atoms with Crippen LogP contribution in [-0.2, 0) is 0 Å². The van der Waals surface area contributed by atoms with E-state index in [-0.39, 0.29) is 5.56 Å². The molecule has 114 valence electrons. The number of nitrogens with zero attached hydrogens (tertiary/aromatic N) is 1. The Labute approximate surface area is 124 Å². The molecule has 3 N–H and O–H groups in total. The van der Waals surface area contributed by atoms with Crippen molar-refractivity contribution in [1.29, 1.82) is 0 Å². The van der Waals surface area contributed by atoms with E-state index in [9.17, 15) is 14.7 Å². The van der Waals surface area contributed by atoms with E-state index in [1.54, 1.807) is 13.0 Å². The van der Waals surface area contributed by atoms with Crippen LogP contribution in [0.2, 0.25) is 0 Å². The second-order valence-corrected chi connectivity index (χ2v) is 5.42. The fraction of sp³-hybridized carbons (Fsp3) is 0.467. The van der Waals surface area contributed by atoms with Gasteiger partial charge in [0.25, 0.3) is 0 Å². The molecule has 1 heterocycles. The number of amides is 2. The zero-order valence-electron chi connectivity index (χ0n) is 12.4. The molecule has 0 radical (unpaired) electrons. The maximum Gasteiger partial charge on any atom is 0.337 e. The van der Waals surface area contributed by atoms with Crippen LogP contribution in [0.3, 0.4) is 0 Å². The normalized spacial score (nSPS) is 15.5. The first-order valence-electron chi connectivity index (χ1n) is 7.14. The van der Waals surface area contributed by atoms with E-state index >= 15 is 0 Å². The Morgan fingerprint density at radius 2 is 1.81 bits per heavy atom. The molecular weight excluding hydrogens is 270 g/mol. The molecule has 0 unspecified atom stereocenters. The van der Waals surface area contributed by atoms with Gasteiger partial charge in [-0.25, -0.2) is 14.6 Å². The lowest BCUT2D eigenvalue weighted by molar-refractivity contribution is 0.0698. The molecule has 1 aliphatic heterocycles. The topological polar surface area (TPSA) is 81.7 Å². The number of aromatic carboxylic acids is 1. The summed E-state index contributed by atoms with van der Waals surface area (Å²) in [5, 5.41) is 13.8. The standard InChI is InChI=1S/C15H21N3O3/c1-10-8-11(2)13(12(9-10)14(19)20)16-15(21)17-18-6-4-3-5-7-18/h8-9H,3-7H2,1-2H3,(H,19,20)(H2,16,17,21). The molecule has 0 spiro atoms. The third kappa shape index (κ3) is 3.95. The molecule has 2 amide bonds. The fourth-order valence-electron chi connectivity index (χ4n) is 2.59. The Kier molecular flexibility index (Phi) is 4.80. The van der Waals surface area contributed by atoms with Crippen molar-refractivity contribution in [2.75, 3.05) is 18.4 Å². The summed E-state index contributed by atoms with van der Waals surface area (Å²) in [5.41, 5.74) is 4.82. The highest BCUT2D eigenvalue weighted by atomic mass is 16.4. The summed E-state index contributed by atoms with van der Waals surface area (Å²) in [6.07, 6.45) is 3.30. The van der Waals surface area contributed by atoms with Crippen LogP contribution in [0.4, 0.5) is 10.5 Å². The number of urea groups is 1. The lowest BCUT2D eigenvalue weighted by Crippen LogP contribution is -2.47. The molecule has 0 bridgehead atoms. The van der Waals surface area contributed by atoms with E-state index in [0.717, 1.165) is 37.1 Å². The number of carbonyl (C=O) groups excluding carboxylic acids is 1. The van der Waals surface area contributed by atoms with E-state index < -0.39 is 12.0 Å². The van der Waals surface area contributed by atoms with Gasteiger partial charge in [-0.2, -0.15) is 0 Å². The smallest absolute Gasteiger partial charge is 0.337 e. The van der Waals surface area contributed by atoms with Gasteiger partial charge >= 0.3 is 12.0 Å². The first kappa shape index (κ1) is 15.3. The summed E-state index contributed by atoms with van der Waals surface area (Å²) in [6, 6.07) is 3.01. The van der Waals surface area contributed by atoms with E-state index in [0.29, 0.717) is 5.69 Å². The van der Waals surface area contributed by atoms with Crippen molar-refractivity contribution in [2.45, 2.75) is 33.1 Å². The summed E-state index contributed by atoms with van der Waals surface area (Å²) in [6.45, 7) is 5.27. The first-order valence-corrected chi connectivity index (χ1v) is 7.14. The zero-order valence-corrected chi connectivity index (χ0v) is 12.4. The molecule has 21 heavy (non-hydrogen) atoms. The van der Waals surface area contributed by atoms with Crippen LogP contribution < -0.4 is 10.7 Å². The summed E-state index contributed by atoms with van der Waals surface area (Å²) in [7, 11) is 0. The van der Waals surface area contributed by atoms with Crippen molar-refractivity contribution < 1.29 is 14.7 Å². The SMILES string of the molecule is Cc1cc(C)c(NC(=O)NN2CCCCC2)c(C(=O)O)c1. The van der Waals surface area contributed by atoms with Gasteiger partial charge in [0, 0.05) is 13.1 Å². The number of hydrogen-bond acceptors (Lipinski definition) is 3. The van der Waals surface area contributed by atoms with Gasteiger partial charge in [0.15, 0.2) is 0 Å². The van der Waals surface area contributed by atoms with Crippen LogP contribution in [0.5, 0.6) is 0 Å². The number of rotatable bonds is 3. The lowest BCUT2D eigenvalue weighted by atomic mass is 10.0. The molecule has 0 atom stereocenters. The molecule has 0 aliphatic carbocycles. The molecule has 1 aromatic rings. The molecule has 1 aliphatic rings. The second-order valence-electron chi connectivity index (χ2n) is 5.42. The van der Waals surface area contributed by atoms with Crippen LogP contribution >= 0.6 is 0 Å². The molecule has 1 aromatic carbocycles. The van der Waals surface area contributed by atoms with Crippen LogP contribution in [-0.4, -0.2) is 35.2 Å². The highest BCUT2D eigenvalue weighted by Gasteiger charge is 2.17. The predicted molar refractivity (Wildman–Crippen MR) is 80.5 cm³/mol. The Hall–Kier alpha value is -2.08. The van der Waals surface area contributed by atoms with Crippen LogP contribution in [0.1, 0.15) is 40.7 Å². The van der Waals surface area contributed by atoms with Crippen molar-refractivity contribution in [2.24, 2.45) is 0 Å². The van der Waals surface area contributed by atoms with Gasteiger partial charge in [-0.15, -0.1) is 0 Å². The number of hydrogen-bond donors (Lipinski definition) is 3. The largest absolute Gasteiger partial charge is 0.478 e. The minimum absolute atomic E-state index is 0.112. The number of anilines is 1. The quantitative estimate of drug-likeness (QED) is 0.799. The average molecular weight is 291 g/mol. The van der Waals surface area contributed by atoms with Gasteiger partial charge < -0.3 is 10.4 Å². The summed E-state index contributed by atoms with van der Waals surface area (Å²) < 4.78 is 0. The number of carbonyl (C=O) groups is 2. The van der Waals surface area contributed by atoms with E-state index in [4.69, 9.17) is 0 Å². The van der Waals surface area contributed by atoms with Gasteiger partial charge in [0.05, 0.1) is 11.3 Å². The Morgan fingerprint density at radius 1 is 1.14 bits per heavy atom. The number of benzene rings is 1. The minimum Gasteiger partial charge on any atom is -0.478 e. The summed E-state index contributed by atoms with van der Waals surface area (Å²) in [4.78, 5) is 23.4. The Bertz CT molecular complexity index is 551. The van der Waals surface area contributed by atoms with Crippen molar-refractivity contribution in [3.8, 4) is 0 Å². The third-order valence-electron chi connectivity index (χ3n) is 3.56. The highest BCUT2D eigenvalue weighted by Crippen LogP contribution is 2.23. The number of nitrogens with one attached hydrogen (secondary N) is 2. The molecule has 1 saturated heterocycles.